The van der Waals surface area contributed by atoms with E-state index in [2.05, 4.69) is 75.8 Å². The van der Waals surface area contributed by atoms with Crippen molar-refractivity contribution in [3.8, 4) is 0 Å². The first-order valence-electron chi connectivity index (χ1n) is 7.29. The summed E-state index contributed by atoms with van der Waals surface area (Å²) in [5, 5.41) is 0. The van der Waals surface area contributed by atoms with Crippen molar-refractivity contribution in [1.29, 1.82) is 0 Å². The molecule has 0 aliphatic carbocycles. The van der Waals surface area contributed by atoms with E-state index in [-0.39, 0.29) is 12.1 Å². The second-order valence-corrected chi connectivity index (χ2v) is 5.81. The molecule has 108 valence electrons. The molecule has 1 heteroatoms. The summed E-state index contributed by atoms with van der Waals surface area (Å²) < 4.78 is 0.765. The van der Waals surface area contributed by atoms with Crippen LogP contribution in [0.3, 0.4) is 0 Å². The van der Waals surface area contributed by atoms with Crippen molar-refractivity contribution in [1.82, 2.24) is 0 Å². The Labute approximate surface area is 128 Å². The lowest BCUT2D eigenvalue weighted by Gasteiger charge is -2.42. The van der Waals surface area contributed by atoms with Crippen LogP contribution in [0.25, 0.3) is 0 Å². The lowest BCUT2D eigenvalue weighted by molar-refractivity contribution is -0.937. The van der Waals surface area contributed by atoms with Crippen LogP contribution in [0.4, 0.5) is 0 Å². The van der Waals surface area contributed by atoms with Crippen LogP contribution < -0.4 is 0 Å². The Morgan fingerprint density at radius 3 is 1.33 bits per heavy atom. The van der Waals surface area contributed by atoms with E-state index < -0.39 is 0 Å². The highest BCUT2D eigenvalue weighted by Crippen LogP contribution is 2.36. The first kappa shape index (κ1) is 15.3. The predicted octanol–water partition coefficient (Wildman–Crippen LogP) is 4.92. The minimum absolute atomic E-state index is 0.217. The lowest BCUT2D eigenvalue weighted by atomic mass is 9.97. The van der Waals surface area contributed by atoms with Crippen molar-refractivity contribution < 1.29 is 4.48 Å². The maximum atomic E-state index is 4.06. The molecule has 0 saturated carbocycles. The maximum Gasteiger partial charge on any atom is 0.133 e. The molecule has 0 heterocycles. The van der Waals surface area contributed by atoms with Crippen molar-refractivity contribution in [2.45, 2.75) is 12.1 Å². The van der Waals surface area contributed by atoms with Gasteiger partial charge >= 0.3 is 0 Å². The molecule has 2 aromatic rings. The van der Waals surface area contributed by atoms with Crippen LogP contribution in [-0.4, -0.2) is 18.6 Å². The molecule has 0 N–H and O–H groups in total. The third-order valence-corrected chi connectivity index (χ3v) is 4.16. The quantitative estimate of drug-likeness (QED) is 0.520. The van der Waals surface area contributed by atoms with Gasteiger partial charge in [-0.15, -0.1) is 0 Å². The van der Waals surface area contributed by atoms with Gasteiger partial charge in [-0.05, 0) is 12.2 Å². The van der Waals surface area contributed by atoms with Gasteiger partial charge in [-0.3, -0.25) is 0 Å². The average Bonchev–Trinajstić information content (AvgIpc) is 2.50. The molecule has 0 aromatic heterocycles. The zero-order valence-electron chi connectivity index (χ0n) is 12.9. The van der Waals surface area contributed by atoms with E-state index in [0.29, 0.717) is 0 Å². The third-order valence-electron chi connectivity index (χ3n) is 4.16. The lowest BCUT2D eigenvalue weighted by Crippen LogP contribution is -2.44. The number of nitrogens with zero attached hydrogens (tertiary/aromatic N) is 1. The summed E-state index contributed by atoms with van der Waals surface area (Å²) in [5.74, 6) is 0. The molecule has 2 aromatic carbocycles. The fourth-order valence-corrected chi connectivity index (χ4v) is 3.06. The van der Waals surface area contributed by atoms with Crippen molar-refractivity contribution in [3.05, 3.63) is 97.1 Å². The molecule has 2 rings (SSSR count). The Morgan fingerprint density at radius 1 is 0.714 bits per heavy atom. The molecule has 0 bridgehead atoms. The van der Waals surface area contributed by atoms with Gasteiger partial charge in [0, 0.05) is 11.1 Å². The zero-order chi connectivity index (χ0) is 15.3. The van der Waals surface area contributed by atoms with Crippen LogP contribution >= 0.6 is 0 Å². The molecule has 0 saturated heterocycles. The number of likely N-dealkylation sites (N-methyl/N-ethyl adjacent to an activating group) is 1. The van der Waals surface area contributed by atoms with E-state index in [1.165, 1.54) is 11.1 Å². The molecular formula is C20H24N+. The third kappa shape index (κ3) is 3.14. The molecule has 0 radical (unpaired) electrons. The largest absolute Gasteiger partial charge is 0.310 e. The van der Waals surface area contributed by atoms with E-state index in [1.54, 1.807) is 0 Å². The minimum Gasteiger partial charge on any atom is -0.310 e. The van der Waals surface area contributed by atoms with E-state index >= 15 is 0 Å². The fraction of sp³-hybridized carbons (Fsp3) is 0.200. The first-order chi connectivity index (χ1) is 10.1. The van der Waals surface area contributed by atoms with Gasteiger partial charge in [0.25, 0.3) is 0 Å². The van der Waals surface area contributed by atoms with Crippen molar-refractivity contribution in [2.75, 3.05) is 14.1 Å². The highest BCUT2D eigenvalue weighted by Gasteiger charge is 2.34. The second kappa shape index (κ2) is 6.55. The number of hydrogen-bond donors (Lipinski definition) is 0. The van der Waals surface area contributed by atoms with Gasteiger partial charge in [-0.1, -0.05) is 73.8 Å². The summed E-state index contributed by atoms with van der Waals surface area (Å²) in [5.41, 5.74) is 2.56. The Kier molecular flexibility index (Phi) is 4.77. The molecule has 0 amide bonds. The summed E-state index contributed by atoms with van der Waals surface area (Å²) in [6.45, 7) is 8.13. The molecule has 2 unspecified atom stereocenters. The van der Waals surface area contributed by atoms with Crippen LogP contribution in [-0.2, 0) is 0 Å². The Morgan fingerprint density at radius 2 is 1.05 bits per heavy atom. The first-order valence-corrected chi connectivity index (χ1v) is 7.29. The number of quaternary nitrogens is 1. The topological polar surface area (TPSA) is 0 Å². The SMILES string of the molecule is C=CC(c1ccccc1)[N+](C)(C)C(C=C)c1ccccc1. The van der Waals surface area contributed by atoms with Gasteiger partial charge in [0.15, 0.2) is 0 Å². The van der Waals surface area contributed by atoms with Gasteiger partial charge in [0.05, 0.1) is 14.1 Å². The molecule has 0 aliphatic heterocycles. The second-order valence-electron chi connectivity index (χ2n) is 5.81. The smallest absolute Gasteiger partial charge is 0.133 e. The molecule has 2 atom stereocenters. The summed E-state index contributed by atoms with van der Waals surface area (Å²) in [6, 6.07) is 21.5. The highest BCUT2D eigenvalue weighted by molar-refractivity contribution is 5.24. The van der Waals surface area contributed by atoms with Gasteiger partial charge in [-0.2, -0.15) is 0 Å². The van der Waals surface area contributed by atoms with Gasteiger partial charge in [-0.25, -0.2) is 0 Å². The number of hydrogen-bond acceptors (Lipinski definition) is 0. The van der Waals surface area contributed by atoms with Crippen LogP contribution in [0.5, 0.6) is 0 Å². The Bertz CT molecular complexity index is 530. The Hall–Kier alpha value is -2.12. The van der Waals surface area contributed by atoms with E-state index in [1.807, 2.05) is 24.3 Å². The van der Waals surface area contributed by atoms with E-state index in [4.69, 9.17) is 0 Å². The van der Waals surface area contributed by atoms with Gasteiger partial charge in [0.1, 0.15) is 12.1 Å². The van der Waals surface area contributed by atoms with E-state index in [0.717, 1.165) is 4.48 Å². The standard InChI is InChI=1S/C20H24N/c1-5-19(17-13-9-7-10-14-17)21(3,4)20(6-2)18-15-11-8-12-16-18/h5-16,19-20H,1-2H2,3-4H3/q+1. The average molecular weight is 278 g/mol. The summed E-state index contributed by atoms with van der Waals surface area (Å²) in [6.07, 6.45) is 4.07. The molecule has 0 fully saturated rings. The molecule has 0 spiro atoms. The minimum atomic E-state index is 0.217. The molecular weight excluding hydrogens is 254 g/mol. The molecule has 21 heavy (non-hydrogen) atoms. The maximum absolute atomic E-state index is 4.06. The van der Waals surface area contributed by atoms with Gasteiger partial charge in [0.2, 0.25) is 0 Å². The zero-order valence-corrected chi connectivity index (χ0v) is 12.9. The summed E-state index contributed by atoms with van der Waals surface area (Å²) in [4.78, 5) is 0. The number of benzene rings is 2. The van der Waals surface area contributed by atoms with E-state index in [9.17, 15) is 0 Å². The van der Waals surface area contributed by atoms with Crippen LogP contribution in [0.2, 0.25) is 0 Å². The summed E-state index contributed by atoms with van der Waals surface area (Å²) >= 11 is 0. The van der Waals surface area contributed by atoms with Gasteiger partial charge < -0.3 is 4.48 Å². The summed E-state index contributed by atoms with van der Waals surface area (Å²) in [7, 11) is 4.47. The van der Waals surface area contributed by atoms with Crippen LogP contribution in [0.1, 0.15) is 23.2 Å². The van der Waals surface area contributed by atoms with Crippen molar-refractivity contribution >= 4 is 0 Å². The van der Waals surface area contributed by atoms with Crippen LogP contribution in [0.15, 0.2) is 86.0 Å². The van der Waals surface area contributed by atoms with Crippen LogP contribution in [0, 0.1) is 0 Å². The fourth-order valence-electron chi connectivity index (χ4n) is 3.06. The monoisotopic (exact) mass is 278 g/mol. The Balaban J connectivity index is 2.42. The normalized spacial score (nSPS) is 14.2. The van der Waals surface area contributed by atoms with Crippen molar-refractivity contribution in [2.24, 2.45) is 0 Å². The highest BCUT2D eigenvalue weighted by atomic mass is 15.4. The molecule has 0 aliphatic rings. The molecule has 1 nitrogen and oxygen atoms in total. The number of rotatable bonds is 6. The predicted molar refractivity (Wildman–Crippen MR) is 90.9 cm³/mol. The van der Waals surface area contributed by atoms with Crippen molar-refractivity contribution in [3.63, 3.8) is 0 Å².